The first-order valence-electron chi connectivity index (χ1n) is 12.0. The molecule has 10 heteroatoms. The number of aromatic nitrogens is 5. The van der Waals surface area contributed by atoms with Gasteiger partial charge in [0.25, 0.3) is 5.56 Å². The predicted molar refractivity (Wildman–Crippen MR) is 146 cm³/mol. The SMILES string of the molecule is Cc1ccc(-n2nc(C(C)(C)C)cc2NC(=O)Nc2ccc(Oc3ccnc4ncc(=O)[nH]c34)cc2)cc1. The number of anilines is 2. The van der Waals surface area contributed by atoms with E-state index in [1.165, 1.54) is 6.20 Å². The minimum atomic E-state index is -0.406. The Hall–Kier alpha value is -4.99. The Bertz CT molecular complexity index is 1660. The number of aromatic amines is 1. The lowest BCUT2D eigenvalue weighted by Gasteiger charge is -2.14. The third-order valence-corrected chi connectivity index (χ3v) is 5.78. The van der Waals surface area contributed by atoms with E-state index in [1.54, 1.807) is 41.2 Å². The normalized spacial score (nSPS) is 11.4. The molecule has 3 N–H and O–H groups in total. The largest absolute Gasteiger partial charge is 0.455 e. The van der Waals surface area contributed by atoms with Crippen molar-refractivity contribution in [2.45, 2.75) is 33.1 Å². The Morgan fingerprint density at radius 1 is 0.974 bits per heavy atom. The number of rotatable bonds is 5. The highest BCUT2D eigenvalue weighted by Gasteiger charge is 2.21. The fourth-order valence-electron chi connectivity index (χ4n) is 3.74. The lowest BCUT2D eigenvalue weighted by Crippen LogP contribution is -2.21. The van der Waals surface area contributed by atoms with Gasteiger partial charge in [0.05, 0.1) is 17.6 Å². The first-order valence-corrected chi connectivity index (χ1v) is 12.0. The van der Waals surface area contributed by atoms with Crippen LogP contribution in [-0.4, -0.2) is 30.8 Å². The van der Waals surface area contributed by atoms with Gasteiger partial charge in [-0.1, -0.05) is 38.5 Å². The van der Waals surface area contributed by atoms with Crippen molar-refractivity contribution in [1.82, 2.24) is 24.7 Å². The predicted octanol–water partition coefficient (Wildman–Crippen LogP) is 5.55. The molecule has 0 saturated heterocycles. The number of pyridine rings is 1. The zero-order valence-corrected chi connectivity index (χ0v) is 21.4. The molecule has 0 unspecified atom stereocenters. The Morgan fingerprint density at radius 2 is 1.71 bits per heavy atom. The molecule has 3 heterocycles. The molecular weight excluding hydrogens is 482 g/mol. The fourth-order valence-corrected chi connectivity index (χ4v) is 3.74. The molecule has 192 valence electrons. The molecule has 0 fully saturated rings. The van der Waals surface area contributed by atoms with Crippen molar-refractivity contribution in [3.63, 3.8) is 0 Å². The third kappa shape index (κ3) is 5.39. The topological polar surface area (TPSA) is 127 Å². The van der Waals surface area contributed by atoms with Gasteiger partial charge in [0.2, 0.25) is 0 Å². The van der Waals surface area contributed by atoms with Crippen LogP contribution in [0.5, 0.6) is 11.5 Å². The molecule has 0 atom stereocenters. The fraction of sp³-hybridized carbons (Fsp3) is 0.179. The highest BCUT2D eigenvalue weighted by molar-refractivity contribution is 5.99. The number of hydrogen-bond donors (Lipinski definition) is 3. The second-order valence-electron chi connectivity index (χ2n) is 9.87. The van der Waals surface area contributed by atoms with E-state index >= 15 is 0 Å². The number of urea groups is 1. The maximum absolute atomic E-state index is 12.9. The minimum absolute atomic E-state index is 0.193. The van der Waals surface area contributed by atoms with Crippen LogP contribution < -0.4 is 20.9 Å². The van der Waals surface area contributed by atoms with Crippen LogP contribution in [0.4, 0.5) is 16.3 Å². The van der Waals surface area contributed by atoms with E-state index in [9.17, 15) is 9.59 Å². The lowest BCUT2D eigenvalue weighted by molar-refractivity contribution is 0.262. The number of benzene rings is 2. The van der Waals surface area contributed by atoms with Crippen molar-refractivity contribution >= 4 is 28.7 Å². The van der Waals surface area contributed by atoms with Crippen molar-refractivity contribution < 1.29 is 9.53 Å². The second-order valence-corrected chi connectivity index (χ2v) is 9.87. The van der Waals surface area contributed by atoms with Gasteiger partial charge in [-0.15, -0.1) is 0 Å². The van der Waals surface area contributed by atoms with E-state index in [1.807, 2.05) is 37.3 Å². The van der Waals surface area contributed by atoms with Gasteiger partial charge in [0.1, 0.15) is 17.1 Å². The molecule has 2 amide bonds. The van der Waals surface area contributed by atoms with Crippen molar-refractivity contribution in [2.24, 2.45) is 0 Å². The number of fused-ring (bicyclic) bond motifs is 1. The quantitative estimate of drug-likeness (QED) is 0.285. The number of aryl methyl sites for hydroxylation is 1. The average Bonchev–Trinajstić information content (AvgIpc) is 3.30. The van der Waals surface area contributed by atoms with E-state index < -0.39 is 6.03 Å². The van der Waals surface area contributed by atoms with Gasteiger partial charge in [-0.05, 0) is 43.3 Å². The minimum Gasteiger partial charge on any atom is -0.455 e. The molecule has 0 bridgehead atoms. The Balaban J connectivity index is 1.31. The van der Waals surface area contributed by atoms with Gasteiger partial charge in [0.15, 0.2) is 11.4 Å². The summed E-state index contributed by atoms with van der Waals surface area (Å²) in [5.41, 5.74) is 3.65. The average molecular weight is 510 g/mol. The summed E-state index contributed by atoms with van der Waals surface area (Å²) in [6.45, 7) is 8.25. The second kappa shape index (κ2) is 9.81. The zero-order chi connectivity index (χ0) is 26.9. The summed E-state index contributed by atoms with van der Waals surface area (Å²) >= 11 is 0. The van der Waals surface area contributed by atoms with Gasteiger partial charge in [0, 0.05) is 29.4 Å². The molecule has 3 aromatic heterocycles. The summed E-state index contributed by atoms with van der Waals surface area (Å²) in [5, 5.41) is 10.5. The summed E-state index contributed by atoms with van der Waals surface area (Å²) < 4.78 is 7.65. The first-order chi connectivity index (χ1) is 18.2. The number of H-pyrrole nitrogens is 1. The van der Waals surface area contributed by atoms with E-state index in [4.69, 9.17) is 9.84 Å². The number of nitrogens with one attached hydrogen (secondary N) is 3. The molecule has 0 aliphatic rings. The molecule has 0 aliphatic carbocycles. The molecule has 10 nitrogen and oxygen atoms in total. The Kier molecular flexibility index (Phi) is 6.38. The molecule has 0 saturated carbocycles. The maximum atomic E-state index is 12.9. The number of ether oxygens (including phenoxy) is 1. The number of carbonyl (C=O) groups is 1. The highest BCUT2D eigenvalue weighted by atomic mass is 16.5. The van der Waals surface area contributed by atoms with Crippen LogP contribution in [0.2, 0.25) is 0 Å². The summed E-state index contributed by atoms with van der Waals surface area (Å²) in [6.07, 6.45) is 2.72. The highest BCUT2D eigenvalue weighted by Crippen LogP contribution is 2.28. The monoisotopic (exact) mass is 509 g/mol. The summed E-state index contributed by atoms with van der Waals surface area (Å²) in [5.74, 6) is 1.49. The molecule has 5 aromatic rings. The Labute approximate surface area is 218 Å². The number of carbonyl (C=O) groups excluding carboxylic acids is 1. The van der Waals surface area contributed by atoms with Gasteiger partial charge in [-0.3, -0.25) is 10.1 Å². The molecule has 0 radical (unpaired) electrons. The molecule has 5 rings (SSSR count). The van der Waals surface area contributed by atoms with E-state index in [-0.39, 0.29) is 11.0 Å². The smallest absolute Gasteiger partial charge is 0.324 e. The van der Waals surface area contributed by atoms with E-state index in [2.05, 4.69) is 46.4 Å². The molecule has 38 heavy (non-hydrogen) atoms. The lowest BCUT2D eigenvalue weighted by atomic mass is 9.92. The zero-order valence-electron chi connectivity index (χ0n) is 21.4. The van der Waals surface area contributed by atoms with Crippen molar-refractivity contribution in [3.05, 3.63) is 94.7 Å². The molecular formula is C28H27N7O3. The van der Waals surface area contributed by atoms with Crippen LogP contribution >= 0.6 is 0 Å². The van der Waals surface area contributed by atoms with Gasteiger partial charge < -0.3 is 15.0 Å². The van der Waals surface area contributed by atoms with Gasteiger partial charge in [-0.2, -0.15) is 5.10 Å². The van der Waals surface area contributed by atoms with Crippen LogP contribution in [0.25, 0.3) is 16.9 Å². The number of amides is 2. The first kappa shape index (κ1) is 24.7. The van der Waals surface area contributed by atoms with Crippen LogP contribution in [0.15, 0.2) is 77.9 Å². The summed E-state index contributed by atoms with van der Waals surface area (Å²) in [4.78, 5) is 35.4. The third-order valence-electron chi connectivity index (χ3n) is 5.78. The van der Waals surface area contributed by atoms with E-state index in [0.717, 1.165) is 16.9 Å². The van der Waals surface area contributed by atoms with Crippen LogP contribution in [0.3, 0.4) is 0 Å². The molecule has 2 aromatic carbocycles. The van der Waals surface area contributed by atoms with Gasteiger partial charge in [-0.25, -0.2) is 19.4 Å². The summed E-state index contributed by atoms with van der Waals surface area (Å²) in [7, 11) is 0. The van der Waals surface area contributed by atoms with Gasteiger partial charge >= 0.3 is 6.03 Å². The standard InChI is InChI=1S/C28H27N7O3/c1-17-5-9-19(10-6-17)35-23(15-22(34-35)28(2,3)4)32-27(37)31-18-7-11-20(12-8-18)38-21-13-14-29-26-25(21)33-24(36)16-30-26/h5-16H,1-4H3,(H,33,36)(H2,31,32,37). The van der Waals surface area contributed by atoms with E-state index in [0.29, 0.717) is 34.2 Å². The molecule has 0 spiro atoms. The number of hydrogen-bond acceptors (Lipinski definition) is 6. The molecule has 0 aliphatic heterocycles. The Morgan fingerprint density at radius 3 is 2.42 bits per heavy atom. The van der Waals surface area contributed by atoms with Crippen LogP contribution in [0.1, 0.15) is 32.0 Å². The number of nitrogens with zero attached hydrogens (tertiary/aromatic N) is 4. The van der Waals surface area contributed by atoms with Crippen LogP contribution in [-0.2, 0) is 5.41 Å². The summed E-state index contributed by atoms with van der Waals surface area (Å²) in [6, 6.07) is 17.9. The maximum Gasteiger partial charge on any atom is 0.324 e. The van der Waals surface area contributed by atoms with Crippen LogP contribution in [0, 0.1) is 6.92 Å². The van der Waals surface area contributed by atoms with Crippen molar-refractivity contribution in [1.29, 1.82) is 0 Å². The van der Waals surface area contributed by atoms with Crippen molar-refractivity contribution in [2.75, 3.05) is 10.6 Å². The van der Waals surface area contributed by atoms with Crippen molar-refractivity contribution in [3.8, 4) is 17.2 Å².